The number of anilines is 1. The van der Waals surface area contributed by atoms with Gasteiger partial charge in [-0.25, -0.2) is 13.1 Å². The number of rotatable bonds is 5. The first-order valence-electron chi connectivity index (χ1n) is 7.18. The van der Waals surface area contributed by atoms with Crippen LogP contribution in [0.3, 0.4) is 0 Å². The zero-order chi connectivity index (χ0) is 17.0. The number of nitrogens with one attached hydrogen (secondary N) is 1. The number of hydrogen-bond acceptors (Lipinski definition) is 6. The summed E-state index contributed by atoms with van der Waals surface area (Å²) in [5.41, 5.74) is 0.802. The monoisotopic (exact) mass is 338 g/mol. The van der Waals surface area contributed by atoms with Gasteiger partial charge in [0.2, 0.25) is 10.0 Å². The third kappa shape index (κ3) is 4.64. The van der Waals surface area contributed by atoms with Crippen molar-refractivity contribution in [2.45, 2.75) is 12.8 Å². The summed E-state index contributed by atoms with van der Waals surface area (Å²) in [5.74, 6) is 0.139. The molecule has 0 spiro atoms. The summed E-state index contributed by atoms with van der Waals surface area (Å²) >= 11 is 0. The van der Waals surface area contributed by atoms with E-state index in [0.717, 1.165) is 25.6 Å². The average molecular weight is 338 g/mol. The van der Waals surface area contributed by atoms with E-state index in [1.165, 1.54) is 12.1 Å². The summed E-state index contributed by atoms with van der Waals surface area (Å²) in [4.78, 5) is 12.3. The number of non-ortho nitro benzene ring substituents is 1. The van der Waals surface area contributed by atoms with Crippen LogP contribution in [0.5, 0.6) is 0 Å². The maximum Gasteiger partial charge on any atom is 0.270 e. The van der Waals surface area contributed by atoms with E-state index >= 15 is 0 Å². The number of benzene rings is 1. The molecule has 124 valence electrons. The Hall–Kier alpha value is -2.18. The molecule has 2 rings (SSSR count). The van der Waals surface area contributed by atoms with Crippen LogP contribution >= 0.6 is 0 Å². The highest BCUT2D eigenvalue weighted by Gasteiger charge is 2.23. The first-order valence-corrected chi connectivity index (χ1v) is 9.07. The summed E-state index contributed by atoms with van der Waals surface area (Å²) in [5, 5.41) is 20.0. The minimum Gasteiger partial charge on any atom is -0.370 e. The van der Waals surface area contributed by atoms with E-state index in [4.69, 9.17) is 0 Å². The van der Waals surface area contributed by atoms with E-state index in [9.17, 15) is 23.8 Å². The zero-order valence-electron chi connectivity index (χ0n) is 12.7. The topological polar surface area (TPSA) is 116 Å². The van der Waals surface area contributed by atoms with Crippen molar-refractivity contribution in [2.75, 3.05) is 30.8 Å². The van der Waals surface area contributed by atoms with Gasteiger partial charge in [0.05, 0.1) is 22.4 Å². The molecule has 0 aromatic heterocycles. The van der Waals surface area contributed by atoms with Gasteiger partial charge < -0.3 is 4.90 Å². The third-order valence-electron chi connectivity index (χ3n) is 3.81. The molecule has 0 aliphatic carbocycles. The second kappa shape index (κ2) is 6.93. The van der Waals surface area contributed by atoms with E-state index in [0.29, 0.717) is 18.8 Å². The van der Waals surface area contributed by atoms with Gasteiger partial charge in [-0.3, -0.25) is 10.1 Å². The summed E-state index contributed by atoms with van der Waals surface area (Å²) in [6.45, 7) is 1.70. The fourth-order valence-electron chi connectivity index (χ4n) is 2.72. The molecule has 0 saturated carbocycles. The Kier molecular flexibility index (Phi) is 5.18. The molecule has 1 aliphatic rings. The molecule has 8 nitrogen and oxygen atoms in total. The van der Waals surface area contributed by atoms with Crippen LogP contribution in [0.25, 0.3) is 0 Å². The van der Waals surface area contributed by atoms with Crippen molar-refractivity contribution in [3.8, 4) is 6.07 Å². The van der Waals surface area contributed by atoms with Gasteiger partial charge in [-0.2, -0.15) is 5.26 Å². The normalized spacial score (nSPS) is 18.4. The van der Waals surface area contributed by atoms with Crippen LogP contribution in [0.4, 0.5) is 11.4 Å². The smallest absolute Gasteiger partial charge is 0.270 e. The lowest BCUT2D eigenvalue weighted by Crippen LogP contribution is -2.41. The van der Waals surface area contributed by atoms with E-state index in [1.807, 2.05) is 11.0 Å². The molecule has 1 fully saturated rings. The average Bonchev–Trinajstić information content (AvgIpc) is 2.52. The van der Waals surface area contributed by atoms with Gasteiger partial charge in [0.1, 0.15) is 6.07 Å². The van der Waals surface area contributed by atoms with Crippen LogP contribution < -0.4 is 9.62 Å². The highest BCUT2D eigenvalue weighted by Crippen LogP contribution is 2.28. The molecule has 0 radical (unpaired) electrons. The fourth-order valence-corrected chi connectivity index (χ4v) is 3.26. The van der Waals surface area contributed by atoms with Crippen molar-refractivity contribution < 1.29 is 13.3 Å². The van der Waals surface area contributed by atoms with Crippen LogP contribution in [0.1, 0.15) is 18.4 Å². The van der Waals surface area contributed by atoms with E-state index in [2.05, 4.69) is 4.72 Å². The molecule has 0 bridgehead atoms. The number of hydrogen-bond donors (Lipinski definition) is 1. The van der Waals surface area contributed by atoms with Gasteiger partial charge in [-0.15, -0.1) is 0 Å². The molecular weight excluding hydrogens is 320 g/mol. The Balaban J connectivity index is 2.15. The van der Waals surface area contributed by atoms with Crippen molar-refractivity contribution in [3.05, 3.63) is 33.9 Å². The Bertz CT molecular complexity index is 742. The Morgan fingerprint density at radius 1 is 1.52 bits per heavy atom. The lowest BCUT2D eigenvalue weighted by molar-refractivity contribution is -0.384. The van der Waals surface area contributed by atoms with Crippen molar-refractivity contribution in [1.29, 1.82) is 5.26 Å². The Morgan fingerprint density at radius 2 is 2.26 bits per heavy atom. The van der Waals surface area contributed by atoms with Gasteiger partial charge in [0.15, 0.2) is 0 Å². The quantitative estimate of drug-likeness (QED) is 0.637. The number of nitriles is 1. The summed E-state index contributed by atoms with van der Waals surface area (Å²) in [6.07, 6.45) is 2.89. The number of piperidine rings is 1. The van der Waals surface area contributed by atoms with Crippen LogP contribution in [0, 0.1) is 27.4 Å². The molecule has 1 atom stereocenters. The summed E-state index contributed by atoms with van der Waals surface area (Å²) in [7, 11) is -3.23. The molecule has 1 aromatic rings. The molecule has 1 saturated heterocycles. The predicted octanol–water partition coefficient (Wildman–Crippen LogP) is 1.23. The maximum atomic E-state index is 11.2. The lowest BCUT2D eigenvalue weighted by atomic mass is 9.97. The number of nitrogens with zero attached hydrogens (tertiary/aromatic N) is 3. The van der Waals surface area contributed by atoms with Crippen molar-refractivity contribution in [1.82, 2.24) is 4.72 Å². The molecule has 1 aliphatic heterocycles. The largest absolute Gasteiger partial charge is 0.370 e. The van der Waals surface area contributed by atoms with Gasteiger partial charge >= 0.3 is 0 Å². The minimum atomic E-state index is -3.23. The molecule has 1 heterocycles. The van der Waals surface area contributed by atoms with Gasteiger partial charge in [0.25, 0.3) is 5.69 Å². The van der Waals surface area contributed by atoms with Crippen LogP contribution in [-0.4, -0.2) is 39.2 Å². The zero-order valence-corrected chi connectivity index (χ0v) is 13.5. The Morgan fingerprint density at radius 3 is 2.87 bits per heavy atom. The molecular formula is C14H18N4O4S. The fraction of sp³-hybridized carbons (Fsp3) is 0.500. The number of sulfonamides is 1. The molecule has 0 amide bonds. The van der Waals surface area contributed by atoms with Gasteiger partial charge in [-0.1, -0.05) is 0 Å². The van der Waals surface area contributed by atoms with Crippen molar-refractivity contribution >= 4 is 21.4 Å². The Labute approximate surface area is 134 Å². The summed E-state index contributed by atoms with van der Waals surface area (Å²) in [6, 6.07) is 6.24. The lowest BCUT2D eigenvalue weighted by Gasteiger charge is -2.34. The highest BCUT2D eigenvalue weighted by molar-refractivity contribution is 7.88. The van der Waals surface area contributed by atoms with Crippen molar-refractivity contribution in [2.24, 2.45) is 5.92 Å². The van der Waals surface area contributed by atoms with E-state index in [1.54, 1.807) is 6.07 Å². The first-order chi connectivity index (χ1) is 10.8. The molecule has 1 N–H and O–H groups in total. The third-order valence-corrected chi connectivity index (χ3v) is 4.50. The molecule has 1 aromatic carbocycles. The summed E-state index contributed by atoms with van der Waals surface area (Å²) < 4.78 is 24.9. The van der Waals surface area contributed by atoms with E-state index in [-0.39, 0.29) is 17.2 Å². The highest BCUT2D eigenvalue weighted by atomic mass is 32.2. The second-order valence-electron chi connectivity index (χ2n) is 5.65. The predicted molar refractivity (Wildman–Crippen MR) is 85.6 cm³/mol. The van der Waals surface area contributed by atoms with Crippen LogP contribution in [-0.2, 0) is 10.0 Å². The minimum absolute atomic E-state index is 0.113. The number of nitro groups is 1. The maximum absolute atomic E-state index is 11.2. The standard InChI is InChI=1S/C14H18N4O4S/c1-23(21,22)16-9-11-3-2-6-17(10-11)14-5-4-13(18(19)20)7-12(14)8-15/h4-5,7,11,16H,2-3,6,9-10H2,1H3. The van der Waals surface area contributed by atoms with Crippen molar-refractivity contribution in [3.63, 3.8) is 0 Å². The molecule has 9 heteroatoms. The van der Waals surface area contributed by atoms with E-state index < -0.39 is 14.9 Å². The molecule has 1 unspecified atom stereocenters. The van der Waals surface area contributed by atoms with Gasteiger partial charge in [0, 0.05) is 31.8 Å². The molecule has 23 heavy (non-hydrogen) atoms. The SMILES string of the molecule is CS(=O)(=O)NCC1CCCN(c2ccc([N+](=O)[O-])cc2C#N)C1. The first kappa shape index (κ1) is 17.2. The van der Waals surface area contributed by atoms with Gasteiger partial charge in [-0.05, 0) is 24.8 Å². The van der Waals surface area contributed by atoms with Crippen LogP contribution in [0.2, 0.25) is 0 Å². The second-order valence-corrected chi connectivity index (χ2v) is 7.48. The van der Waals surface area contributed by atoms with Crippen LogP contribution in [0.15, 0.2) is 18.2 Å². The number of nitro benzene ring substituents is 1.